The average Bonchev–Trinajstić information content (AvgIpc) is 2.63. The smallest absolute Gasteiger partial charge is 0.0672 e. The van der Waals surface area contributed by atoms with E-state index >= 15 is 0 Å². The molecule has 1 heterocycles. The van der Waals surface area contributed by atoms with Crippen LogP contribution in [0.5, 0.6) is 0 Å². The topological polar surface area (TPSA) is 4.93 Å². The standard InChI is InChI=1S/C13H16ClN/c1-3-5-10(2)15-9-8-11-6-4-7-12(14)13(11)15/h4,6-10H,3,5H2,1-2H3. The Bertz CT molecular complexity index is 459. The summed E-state index contributed by atoms with van der Waals surface area (Å²) < 4.78 is 2.28. The van der Waals surface area contributed by atoms with Crippen molar-refractivity contribution < 1.29 is 0 Å². The second kappa shape index (κ2) is 4.28. The third-order valence-electron chi connectivity index (χ3n) is 2.87. The first-order valence-corrected chi connectivity index (χ1v) is 5.87. The summed E-state index contributed by atoms with van der Waals surface area (Å²) in [6.07, 6.45) is 4.52. The van der Waals surface area contributed by atoms with Crippen LogP contribution in [0.3, 0.4) is 0 Å². The molecule has 0 radical (unpaired) electrons. The second-order valence-electron chi connectivity index (χ2n) is 4.04. The normalized spacial score (nSPS) is 13.3. The highest BCUT2D eigenvalue weighted by Crippen LogP contribution is 2.28. The second-order valence-corrected chi connectivity index (χ2v) is 4.45. The van der Waals surface area contributed by atoms with E-state index in [1.54, 1.807) is 0 Å². The Balaban J connectivity index is 2.52. The minimum absolute atomic E-state index is 0.521. The van der Waals surface area contributed by atoms with Crippen LogP contribution in [0.4, 0.5) is 0 Å². The molecule has 0 aliphatic carbocycles. The van der Waals surface area contributed by atoms with Crippen molar-refractivity contribution in [2.24, 2.45) is 0 Å². The summed E-state index contributed by atoms with van der Waals surface area (Å²) >= 11 is 6.23. The minimum Gasteiger partial charge on any atom is -0.343 e. The number of para-hydroxylation sites is 1. The Kier molecular flexibility index (Phi) is 3.01. The molecule has 0 fully saturated rings. The lowest BCUT2D eigenvalue weighted by Crippen LogP contribution is -2.02. The third kappa shape index (κ3) is 1.89. The van der Waals surface area contributed by atoms with E-state index in [-0.39, 0.29) is 0 Å². The van der Waals surface area contributed by atoms with Crippen LogP contribution in [0.1, 0.15) is 32.7 Å². The zero-order chi connectivity index (χ0) is 10.8. The van der Waals surface area contributed by atoms with Crippen LogP contribution in [0.25, 0.3) is 10.9 Å². The van der Waals surface area contributed by atoms with Gasteiger partial charge in [0.05, 0.1) is 10.5 Å². The van der Waals surface area contributed by atoms with Crippen LogP contribution < -0.4 is 0 Å². The van der Waals surface area contributed by atoms with Gasteiger partial charge in [0.2, 0.25) is 0 Å². The summed E-state index contributed by atoms with van der Waals surface area (Å²) in [5, 5.41) is 2.07. The van der Waals surface area contributed by atoms with Crippen molar-refractivity contribution in [1.82, 2.24) is 4.57 Å². The number of aromatic nitrogens is 1. The summed E-state index contributed by atoms with van der Waals surface area (Å²) in [5.74, 6) is 0. The van der Waals surface area contributed by atoms with Crippen molar-refractivity contribution in [1.29, 1.82) is 0 Å². The molecular formula is C13H16ClN. The zero-order valence-electron chi connectivity index (χ0n) is 9.20. The van der Waals surface area contributed by atoms with Gasteiger partial charge in [-0.2, -0.15) is 0 Å². The maximum absolute atomic E-state index is 6.23. The summed E-state index contributed by atoms with van der Waals surface area (Å²) in [4.78, 5) is 0. The lowest BCUT2D eigenvalue weighted by atomic mass is 10.2. The molecule has 1 atom stereocenters. The number of fused-ring (bicyclic) bond motifs is 1. The molecule has 0 N–H and O–H groups in total. The molecule has 80 valence electrons. The first-order valence-electron chi connectivity index (χ1n) is 5.49. The van der Waals surface area contributed by atoms with Gasteiger partial charge >= 0.3 is 0 Å². The number of halogens is 1. The number of hydrogen-bond donors (Lipinski definition) is 0. The molecule has 1 unspecified atom stereocenters. The Morgan fingerprint density at radius 3 is 2.87 bits per heavy atom. The Morgan fingerprint density at radius 1 is 1.33 bits per heavy atom. The first kappa shape index (κ1) is 10.6. The van der Waals surface area contributed by atoms with E-state index in [0.29, 0.717) is 6.04 Å². The van der Waals surface area contributed by atoms with Gasteiger partial charge in [-0.25, -0.2) is 0 Å². The van der Waals surface area contributed by atoms with Gasteiger partial charge in [-0.15, -0.1) is 0 Å². The molecular weight excluding hydrogens is 206 g/mol. The molecule has 0 aliphatic heterocycles. The molecule has 2 aromatic rings. The molecule has 0 amide bonds. The van der Waals surface area contributed by atoms with Crippen LogP contribution >= 0.6 is 11.6 Å². The number of benzene rings is 1. The highest BCUT2D eigenvalue weighted by atomic mass is 35.5. The molecule has 1 nitrogen and oxygen atoms in total. The first-order chi connectivity index (χ1) is 7.24. The zero-order valence-corrected chi connectivity index (χ0v) is 9.96. The lowest BCUT2D eigenvalue weighted by Gasteiger charge is -2.14. The van der Waals surface area contributed by atoms with Crippen LogP contribution in [0, 0.1) is 0 Å². The summed E-state index contributed by atoms with van der Waals surface area (Å²) in [7, 11) is 0. The van der Waals surface area contributed by atoms with E-state index in [0.717, 1.165) is 5.02 Å². The fourth-order valence-corrected chi connectivity index (χ4v) is 2.38. The Morgan fingerprint density at radius 2 is 2.13 bits per heavy atom. The predicted molar refractivity (Wildman–Crippen MR) is 66.6 cm³/mol. The SMILES string of the molecule is CCCC(C)n1ccc2cccc(Cl)c21. The molecule has 0 aliphatic rings. The van der Waals surface area contributed by atoms with E-state index < -0.39 is 0 Å². The van der Waals surface area contributed by atoms with E-state index in [9.17, 15) is 0 Å². The van der Waals surface area contributed by atoms with Crippen molar-refractivity contribution >= 4 is 22.5 Å². The molecule has 2 heteroatoms. The van der Waals surface area contributed by atoms with Gasteiger partial charge in [0.25, 0.3) is 0 Å². The van der Waals surface area contributed by atoms with Gasteiger partial charge < -0.3 is 4.57 Å². The van der Waals surface area contributed by atoms with Crippen molar-refractivity contribution in [2.75, 3.05) is 0 Å². The van der Waals surface area contributed by atoms with Gasteiger partial charge in [0.1, 0.15) is 0 Å². The Labute approximate surface area is 95.7 Å². The van der Waals surface area contributed by atoms with Gasteiger partial charge in [-0.05, 0) is 25.5 Å². The molecule has 15 heavy (non-hydrogen) atoms. The lowest BCUT2D eigenvalue weighted by molar-refractivity contribution is 0.515. The maximum Gasteiger partial charge on any atom is 0.0672 e. The largest absolute Gasteiger partial charge is 0.343 e. The average molecular weight is 222 g/mol. The maximum atomic E-state index is 6.23. The monoisotopic (exact) mass is 221 g/mol. The van der Waals surface area contributed by atoms with E-state index in [1.807, 2.05) is 12.1 Å². The summed E-state index contributed by atoms with van der Waals surface area (Å²) in [5.41, 5.74) is 1.17. The predicted octanol–water partition coefficient (Wildman–Crippen LogP) is 4.66. The van der Waals surface area contributed by atoms with E-state index in [2.05, 4.69) is 36.7 Å². The third-order valence-corrected chi connectivity index (χ3v) is 3.18. The molecule has 0 saturated carbocycles. The highest BCUT2D eigenvalue weighted by molar-refractivity contribution is 6.35. The van der Waals surface area contributed by atoms with Crippen molar-refractivity contribution in [2.45, 2.75) is 32.7 Å². The van der Waals surface area contributed by atoms with Crippen LogP contribution in [-0.2, 0) is 0 Å². The van der Waals surface area contributed by atoms with Crippen molar-refractivity contribution in [3.63, 3.8) is 0 Å². The quantitative estimate of drug-likeness (QED) is 0.711. The fraction of sp³-hybridized carbons (Fsp3) is 0.385. The highest BCUT2D eigenvalue weighted by Gasteiger charge is 2.09. The fourth-order valence-electron chi connectivity index (χ4n) is 2.10. The van der Waals surface area contributed by atoms with Gasteiger partial charge in [0.15, 0.2) is 0 Å². The van der Waals surface area contributed by atoms with Gasteiger partial charge in [-0.3, -0.25) is 0 Å². The molecule has 0 bridgehead atoms. The van der Waals surface area contributed by atoms with E-state index in [1.165, 1.54) is 23.7 Å². The molecule has 2 rings (SSSR count). The van der Waals surface area contributed by atoms with Crippen molar-refractivity contribution in [3.05, 3.63) is 35.5 Å². The molecule has 1 aromatic heterocycles. The molecule has 0 spiro atoms. The Hall–Kier alpha value is -0.950. The molecule has 1 aromatic carbocycles. The van der Waals surface area contributed by atoms with E-state index in [4.69, 9.17) is 11.6 Å². The number of hydrogen-bond acceptors (Lipinski definition) is 0. The summed E-state index contributed by atoms with van der Waals surface area (Å²) in [6, 6.07) is 8.72. The van der Waals surface area contributed by atoms with Crippen molar-refractivity contribution in [3.8, 4) is 0 Å². The summed E-state index contributed by atoms with van der Waals surface area (Å²) in [6.45, 7) is 4.45. The number of rotatable bonds is 3. The number of nitrogens with zero attached hydrogens (tertiary/aromatic N) is 1. The minimum atomic E-state index is 0.521. The molecule has 0 saturated heterocycles. The van der Waals surface area contributed by atoms with Crippen LogP contribution in [0.2, 0.25) is 5.02 Å². The van der Waals surface area contributed by atoms with Crippen LogP contribution in [0.15, 0.2) is 30.5 Å². The van der Waals surface area contributed by atoms with Gasteiger partial charge in [-0.1, -0.05) is 37.1 Å². The van der Waals surface area contributed by atoms with Gasteiger partial charge in [0, 0.05) is 17.6 Å². The van der Waals surface area contributed by atoms with Crippen LogP contribution in [-0.4, -0.2) is 4.57 Å².